The van der Waals surface area contributed by atoms with Gasteiger partial charge in [0.1, 0.15) is 5.84 Å². The van der Waals surface area contributed by atoms with E-state index in [2.05, 4.69) is 15.6 Å². The lowest BCUT2D eigenvalue weighted by Crippen LogP contribution is -2.37. The molecule has 1 amide bonds. The quantitative estimate of drug-likeness (QED) is 0.601. The van der Waals surface area contributed by atoms with Crippen LogP contribution >= 0.6 is 11.8 Å². The van der Waals surface area contributed by atoms with Gasteiger partial charge in [0.25, 0.3) is 5.91 Å². The Kier molecular flexibility index (Phi) is 4.22. The number of aliphatic imine (C=N–C) groups is 1. The van der Waals surface area contributed by atoms with Crippen molar-refractivity contribution in [1.82, 2.24) is 9.47 Å². The normalized spacial score (nSPS) is 18.4. The highest BCUT2D eigenvalue weighted by Gasteiger charge is 2.34. The van der Waals surface area contributed by atoms with E-state index < -0.39 is 0 Å². The van der Waals surface area contributed by atoms with Gasteiger partial charge < -0.3 is 14.0 Å². The van der Waals surface area contributed by atoms with E-state index in [-0.39, 0.29) is 24.1 Å². The zero-order valence-corrected chi connectivity index (χ0v) is 18.0. The van der Waals surface area contributed by atoms with Gasteiger partial charge in [0.2, 0.25) is 6.79 Å². The molecule has 3 aromatic rings. The summed E-state index contributed by atoms with van der Waals surface area (Å²) in [7, 11) is 0. The molecule has 0 aliphatic carbocycles. The SMILES string of the molecule is CC1=CSC2=NC(=O)C(=Cc3cn(Cc4ccc5c(c4)OCO5)c4ccccc34)C(=N)N12. The molecule has 1 aromatic heterocycles. The van der Waals surface area contributed by atoms with Crippen LogP contribution in [0.1, 0.15) is 18.1 Å². The van der Waals surface area contributed by atoms with Crippen LogP contribution in [-0.2, 0) is 11.3 Å². The zero-order chi connectivity index (χ0) is 21.8. The Bertz CT molecular complexity index is 1420. The number of carbonyl (C=O) groups is 1. The van der Waals surface area contributed by atoms with Gasteiger partial charge in [-0.25, -0.2) is 0 Å². The minimum absolute atomic E-state index is 0.159. The van der Waals surface area contributed by atoms with Crippen LogP contribution in [-0.4, -0.2) is 33.2 Å². The van der Waals surface area contributed by atoms with E-state index in [4.69, 9.17) is 14.9 Å². The summed E-state index contributed by atoms with van der Waals surface area (Å²) in [6, 6.07) is 14.0. The first-order chi connectivity index (χ1) is 15.6. The summed E-state index contributed by atoms with van der Waals surface area (Å²) >= 11 is 1.37. The summed E-state index contributed by atoms with van der Waals surface area (Å²) in [5.74, 6) is 1.29. The monoisotopic (exact) mass is 442 g/mol. The summed E-state index contributed by atoms with van der Waals surface area (Å²) < 4.78 is 13.1. The summed E-state index contributed by atoms with van der Waals surface area (Å²) in [6.07, 6.45) is 3.79. The van der Waals surface area contributed by atoms with Gasteiger partial charge in [0, 0.05) is 34.9 Å². The number of aromatic nitrogens is 1. The lowest BCUT2D eigenvalue weighted by atomic mass is 10.1. The number of ether oxygens (including phenoxy) is 2. The van der Waals surface area contributed by atoms with Gasteiger partial charge >= 0.3 is 0 Å². The number of hydrogen-bond acceptors (Lipinski definition) is 5. The number of thioether (sulfide) groups is 1. The van der Waals surface area contributed by atoms with Crippen molar-refractivity contribution in [1.29, 1.82) is 5.41 Å². The molecule has 3 aliphatic heterocycles. The highest BCUT2D eigenvalue weighted by molar-refractivity contribution is 8.16. The van der Waals surface area contributed by atoms with E-state index in [1.54, 1.807) is 11.0 Å². The van der Waals surface area contributed by atoms with E-state index in [1.807, 2.05) is 54.9 Å². The van der Waals surface area contributed by atoms with Crippen molar-refractivity contribution in [2.45, 2.75) is 13.5 Å². The molecule has 32 heavy (non-hydrogen) atoms. The van der Waals surface area contributed by atoms with Crippen molar-refractivity contribution in [3.63, 3.8) is 0 Å². The molecule has 0 saturated carbocycles. The molecule has 0 unspecified atom stereocenters. The largest absolute Gasteiger partial charge is 0.454 e. The van der Waals surface area contributed by atoms with Crippen molar-refractivity contribution >= 4 is 45.7 Å². The fraction of sp³-hybridized carbons (Fsp3) is 0.125. The second kappa shape index (κ2) is 7.13. The first kappa shape index (κ1) is 18.9. The van der Waals surface area contributed by atoms with Crippen LogP contribution in [0.25, 0.3) is 17.0 Å². The fourth-order valence-electron chi connectivity index (χ4n) is 4.15. The first-order valence-electron chi connectivity index (χ1n) is 10.1. The summed E-state index contributed by atoms with van der Waals surface area (Å²) in [5.41, 5.74) is 4.18. The minimum Gasteiger partial charge on any atom is -0.454 e. The molecule has 3 aliphatic rings. The molecule has 158 valence electrons. The van der Waals surface area contributed by atoms with E-state index in [0.717, 1.165) is 39.2 Å². The number of fused-ring (bicyclic) bond motifs is 3. The van der Waals surface area contributed by atoms with Crippen molar-refractivity contribution in [3.05, 3.63) is 76.5 Å². The summed E-state index contributed by atoms with van der Waals surface area (Å²) in [5, 5.41) is 12.1. The van der Waals surface area contributed by atoms with Crippen LogP contribution in [0.5, 0.6) is 11.5 Å². The van der Waals surface area contributed by atoms with Crippen LogP contribution in [0.2, 0.25) is 0 Å². The van der Waals surface area contributed by atoms with Crippen LogP contribution < -0.4 is 9.47 Å². The minimum atomic E-state index is -0.385. The number of nitrogens with zero attached hydrogens (tertiary/aromatic N) is 3. The molecule has 8 heteroatoms. The predicted molar refractivity (Wildman–Crippen MR) is 125 cm³/mol. The predicted octanol–water partition coefficient (Wildman–Crippen LogP) is 4.59. The standard InChI is InChI=1S/C24H18N4O3S/c1-14-12-32-24-26-23(29)18(22(25)28(14)24)9-16-11-27(19-5-3-2-4-17(16)19)10-15-6-7-20-21(8-15)31-13-30-20/h2-9,11-12,25H,10,13H2,1H3. The molecule has 6 rings (SSSR count). The van der Waals surface area contributed by atoms with E-state index in [1.165, 1.54) is 11.8 Å². The lowest BCUT2D eigenvalue weighted by molar-refractivity contribution is -0.114. The molecule has 2 aromatic carbocycles. The maximum atomic E-state index is 12.7. The third kappa shape index (κ3) is 2.95. The molecule has 1 N–H and O–H groups in total. The van der Waals surface area contributed by atoms with E-state index in [0.29, 0.717) is 11.7 Å². The highest BCUT2D eigenvalue weighted by atomic mass is 32.2. The number of benzene rings is 2. The molecular formula is C24H18N4O3S. The maximum absolute atomic E-state index is 12.7. The number of rotatable bonds is 3. The van der Waals surface area contributed by atoms with Crippen molar-refractivity contribution in [2.24, 2.45) is 4.99 Å². The van der Waals surface area contributed by atoms with Gasteiger partial charge in [-0.3, -0.25) is 15.1 Å². The van der Waals surface area contributed by atoms with Gasteiger partial charge in [-0.1, -0.05) is 36.0 Å². The van der Waals surface area contributed by atoms with Gasteiger partial charge in [0.05, 0.1) is 5.57 Å². The number of allylic oxidation sites excluding steroid dienone is 1. The number of para-hydroxylation sites is 1. The average molecular weight is 443 g/mol. The van der Waals surface area contributed by atoms with E-state index >= 15 is 0 Å². The molecule has 0 atom stereocenters. The lowest BCUT2D eigenvalue weighted by Gasteiger charge is -2.25. The second-order valence-corrected chi connectivity index (χ2v) is 8.57. The van der Waals surface area contributed by atoms with Gasteiger partial charge in [-0.15, -0.1) is 0 Å². The summed E-state index contributed by atoms with van der Waals surface area (Å²) in [6.45, 7) is 2.80. The second-order valence-electron chi connectivity index (χ2n) is 7.74. The zero-order valence-electron chi connectivity index (χ0n) is 17.2. The Labute approximate surface area is 188 Å². The number of carbonyl (C=O) groups excluding carboxylic acids is 1. The molecular weight excluding hydrogens is 424 g/mol. The smallest absolute Gasteiger partial charge is 0.283 e. The molecule has 0 bridgehead atoms. The molecule has 0 fully saturated rings. The number of hydrogen-bond donors (Lipinski definition) is 1. The Morgan fingerprint density at radius 1 is 1.19 bits per heavy atom. The Morgan fingerprint density at radius 2 is 2.03 bits per heavy atom. The Hall–Kier alpha value is -3.78. The number of amides is 1. The Balaban J connectivity index is 1.41. The first-order valence-corrected chi connectivity index (χ1v) is 11.0. The molecule has 0 radical (unpaired) electrons. The Morgan fingerprint density at radius 3 is 2.94 bits per heavy atom. The third-order valence-electron chi connectivity index (χ3n) is 5.69. The van der Waals surface area contributed by atoms with Gasteiger partial charge in [-0.05, 0) is 42.2 Å². The van der Waals surface area contributed by atoms with Crippen molar-refractivity contribution in [3.8, 4) is 11.5 Å². The molecule has 0 saturated heterocycles. The average Bonchev–Trinajstić information content (AvgIpc) is 3.49. The van der Waals surface area contributed by atoms with E-state index in [9.17, 15) is 4.79 Å². The van der Waals surface area contributed by atoms with Gasteiger partial charge in [-0.2, -0.15) is 4.99 Å². The van der Waals surface area contributed by atoms with Crippen LogP contribution in [0.3, 0.4) is 0 Å². The highest BCUT2D eigenvalue weighted by Crippen LogP contribution is 2.35. The van der Waals surface area contributed by atoms with Crippen molar-refractivity contribution < 1.29 is 14.3 Å². The van der Waals surface area contributed by atoms with Crippen LogP contribution in [0.4, 0.5) is 0 Å². The molecule has 7 nitrogen and oxygen atoms in total. The molecule has 0 spiro atoms. The number of amidine groups is 2. The van der Waals surface area contributed by atoms with Crippen LogP contribution in [0.15, 0.2) is 70.3 Å². The van der Waals surface area contributed by atoms with Gasteiger partial charge in [0.15, 0.2) is 16.7 Å². The molecule has 4 heterocycles. The summed E-state index contributed by atoms with van der Waals surface area (Å²) in [4.78, 5) is 18.6. The van der Waals surface area contributed by atoms with Crippen molar-refractivity contribution in [2.75, 3.05) is 6.79 Å². The maximum Gasteiger partial charge on any atom is 0.283 e. The number of nitrogens with one attached hydrogen (secondary N) is 1. The third-order valence-corrected chi connectivity index (χ3v) is 6.64. The fourth-order valence-corrected chi connectivity index (χ4v) is 5.01. The van der Waals surface area contributed by atoms with Crippen LogP contribution in [0, 0.1) is 5.41 Å². The topological polar surface area (TPSA) is 79.9 Å².